The van der Waals surface area contributed by atoms with Crippen LogP contribution in [-0.2, 0) is 10.0 Å². The molecule has 17 heavy (non-hydrogen) atoms. The van der Waals surface area contributed by atoms with E-state index in [1.807, 2.05) is 0 Å². The second-order valence-corrected chi connectivity index (χ2v) is 6.78. The molecule has 0 fully saturated rings. The summed E-state index contributed by atoms with van der Waals surface area (Å²) in [5.74, 6) is 0.864. The van der Waals surface area contributed by atoms with Crippen LogP contribution < -0.4 is 10.0 Å². The average molecular weight is 264 g/mol. The van der Waals surface area contributed by atoms with Crippen molar-refractivity contribution in [2.75, 3.05) is 25.4 Å². The van der Waals surface area contributed by atoms with Crippen molar-refractivity contribution in [1.29, 1.82) is 0 Å². The van der Waals surface area contributed by atoms with Crippen LogP contribution in [0.5, 0.6) is 0 Å². The van der Waals surface area contributed by atoms with Crippen molar-refractivity contribution in [2.45, 2.75) is 46.5 Å². The van der Waals surface area contributed by atoms with Gasteiger partial charge in [0.25, 0.3) is 0 Å². The highest BCUT2D eigenvalue weighted by atomic mass is 32.2. The summed E-state index contributed by atoms with van der Waals surface area (Å²) in [6.45, 7) is 8.70. The van der Waals surface area contributed by atoms with Crippen LogP contribution in [0.25, 0.3) is 0 Å². The Bertz CT molecular complexity index is 264. The molecule has 0 saturated carbocycles. The van der Waals surface area contributed by atoms with Crippen LogP contribution in [0.3, 0.4) is 0 Å². The van der Waals surface area contributed by atoms with Gasteiger partial charge in [-0.3, -0.25) is 0 Å². The lowest BCUT2D eigenvalue weighted by atomic mass is 10.1. The molecule has 0 rings (SSSR count). The molecule has 0 aliphatic heterocycles. The molecule has 0 spiro atoms. The highest BCUT2D eigenvalue weighted by molar-refractivity contribution is 7.89. The average Bonchev–Trinajstić information content (AvgIpc) is 2.24. The fraction of sp³-hybridized carbons (Fsp3) is 1.00. The molecule has 0 aliphatic rings. The van der Waals surface area contributed by atoms with Crippen LogP contribution in [-0.4, -0.2) is 33.8 Å². The third kappa shape index (κ3) is 12.1. The fourth-order valence-corrected chi connectivity index (χ4v) is 2.62. The zero-order valence-electron chi connectivity index (χ0n) is 11.5. The second kappa shape index (κ2) is 9.85. The number of nitrogens with one attached hydrogen (secondary N) is 2. The maximum atomic E-state index is 11.6. The summed E-state index contributed by atoms with van der Waals surface area (Å²) in [5, 5.41) is 3.20. The van der Waals surface area contributed by atoms with E-state index >= 15 is 0 Å². The number of rotatable bonds is 11. The highest BCUT2D eigenvalue weighted by Crippen LogP contribution is 2.02. The van der Waals surface area contributed by atoms with Crippen LogP contribution >= 0.6 is 0 Å². The van der Waals surface area contributed by atoms with E-state index in [0.717, 1.165) is 32.4 Å². The summed E-state index contributed by atoms with van der Waals surface area (Å²) >= 11 is 0. The summed E-state index contributed by atoms with van der Waals surface area (Å²) in [6, 6.07) is 0. The molecular weight excluding hydrogens is 236 g/mol. The maximum Gasteiger partial charge on any atom is 0.211 e. The van der Waals surface area contributed by atoms with E-state index in [1.54, 1.807) is 0 Å². The summed E-state index contributed by atoms with van der Waals surface area (Å²) in [5.41, 5.74) is 0. The lowest BCUT2D eigenvalue weighted by molar-refractivity contribution is 0.538. The Labute approximate surface area is 107 Å². The first kappa shape index (κ1) is 16.9. The first-order chi connectivity index (χ1) is 7.98. The minimum Gasteiger partial charge on any atom is -0.317 e. The molecule has 2 N–H and O–H groups in total. The summed E-state index contributed by atoms with van der Waals surface area (Å²) in [4.78, 5) is 0. The van der Waals surface area contributed by atoms with E-state index in [9.17, 15) is 8.42 Å². The molecule has 0 bridgehead atoms. The van der Waals surface area contributed by atoms with Gasteiger partial charge in [0.2, 0.25) is 10.0 Å². The van der Waals surface area contributed by atoms with Crippen molar-refractivity contribution >= 4 is 10.0 Å². The summed E-state index contributed by atoms with van der Waals surface area (Å²) < 4.78 is 25.8. The third-order valence-electron chi connectivity index (χ3n) is 2.47. The van der Waals surface area contributed by atoms with Gasteiger partial charge in [0, 0.05) is 6.54 Å². The van der Waals surface area contributed by atoms with E-state index < -0.39 is 10.0 Å². The van der Waals surface area contributed by atoms with Gasteiger partial charge in [-0.25, -0.2) is 13.1 Å². The summed E-state index contributed by atoms with van der Waals surface area (Å²) in [7, 11) is -3.06. The zero-order chi connectivity index (χ0) is 13.1. The van der Waals surface area contributed by atoms with Crippen molar-refractivity contribution in [3.8, 4) is 0 Å². The molecule has 0 saturated heterocycles. The van der Waals surface area contributed by atoms with Gasteiger partial charge in [-0.1, -0.05) is 20.8 Å². The van der Waals surface area contributed by atoms with Gasteiger partial charge in [-0.2, -0.15) is 0 Å². The van der Waals surface area contributed by atoms with Crippen LogP contribution in [0, 0.1) is 5.92 Å². The minimum absolute atomic E-state index is 0.228. The van der Waals surface area contributed by atoms with Gasteiger partial charge in [-0.15, -0.1) is 0 Å². The van der Waals surface area contributed by atoms with Crippen molar-refractivity contribution < 1.29 is 8.42 Å². The van der Waals surface area contributed by atoms with Gasteiger partial charge in [0.05, 0.1) is 5.75 Å². The molecule has 0 heterocycles. The predicted molar refractivity (Wildman–Crippen MR) is 73.6 cm³/mol. The number of hydrogen-bond acceptors (Lipinski definition) is 3. The predicted octanol–water partition coefficient (Wildman–Crippen LogP) is 1.73. The molecule has 4 nitrogen and oxygen atoms in total. The van der Waals surface area contributed by atoms with Crippen molar-refractivity contribution in [1.82, 2.24) is 10.0 Å². The fourth-order valence-electron chi connectivity index (χ4n) is 1.50. The molecule has 0 aromatic carbocycles. The molecular formula is C12H28N2O2S. The van der Waals surface area contributed by atoms with E-state index in [-0.39, 0.29) is 5.75 Å². The van der Waals surface area contributed by atoms with E-state index in [1.165, 1.54) is 0 Å². The quantitative estimate of drug-likeness (QED) is 0.559. The maximum absolute atomic E-state index is 11.6. The summed E-state index contributed by atoms with van der Waals surface area (Å²) in [6.07, 6.45) is 3.76. The topological polar surface area (TPSA) is 58.2 Å². The van der Waals surface area contributed by atoms with Crippen LogP contribution in [0.1, 0.15) is 46.5 Å². The van der Waals surface area contributed by atoms with Crippen LogP contribution in [0.2, 0.25) is 0 Å². The first-order valence-corrected chi connectivity index (χ1v) is 8.31. The van der Waals surface area contributed by atoms with Crippen molar-refractivity contribution in [3.63, 3.8) is 0 Å². The molecule has 0 aliphatic carbocycles. The Balaban J connectivity index is 3.52. The van der Waals surface area contributed by atoms with E-state index in [4.69, 9.17) is 0 Å². The Kier molecular flexibility index (Phi) is 9.78. The molecule has 0 radical (unpaired) electrons. The molecule has 5 heteroatoms. The first-order valence-electron chi connectivity index (χ1n) is 6.66. The monoisotopic (exact) mass is 264 g/mol. The van der Waals surface area contributed by atoms with E-state index in [2.05, 4.69) is 30.8 Å². The Morgan fingerprint density at radius 1 is 1.06 bits per heavy atom. The van der Waals surface area contributed by atoms with Crippen molar-refractivity contribution in [2.24, 2.45) is 5.92 Å². The van der Waals surface area contributed by atoms with Gasteiger partial charge < -0.3 is 5.32 Å². The molecule has 104 valence electrons. The lowest BCUT2D eigenvalue weighted by Gasteiger charge is -2.08. The molecule has 0 unspecified atom stereocenters. The molecule has 0 aromatic rings. The molecule has 0 atom stereocenters. The van der Waals surface area contributed by atoms with Gasteiger partial charge in [0.1, 0.15) is 0 Å². The van der Waals surface area contributed by atoms with Crippen LogP contribution in [0.15, 0.2) is 0 Å². The highest BCUT2D eigenvalue weighted by Gasteiger charge is 2.08. The van der Waals surface area contributed by atoms with E-state index in [0.29, 0.717) is 18.9 Å². The standard InChI is InChI=1S/C12H28N2O2S/c1-4-8-13-9-6-11-17(15,16)14-10-5-7-12(2)3/h12-14H,4-11H2,1-3H3. The number of sulfonamides is 1. The zero-order valence-corrected chi connectivity index (χ0v) is 12.3. The largest absolute Gasteiger partial charge is 0.317 e. The molecule has 0 aromatic heterocycles. The Morgan fingerprint density at radius 2 is 1.76 bits per heavy atom. The third-order valence-corrected chi connectivity index (χ3v) is 3.94. The normalized spacial score (nSPS) is 12.2. The Morgan fingerprint density at radius 3 is 2.35 bits per heavy atom. The SMILES string of the molecule is CCCNCCCS(=O)(=O)NCCCC(C)C. The van der Waals surface area contributed by atoms with Gasteiger partial charge in [0.15, 0.2) is 0 Å². The van der Waals surface area contributed by atoms with Gasteiger partial charge in [-0.05, 0) is 44.7 Å². The smallest absolute Gasteiger partial charge is 0.211 e. The lowest BCUT2D eigenvalue weighted by Crippen LogP contribution is -2.29. The Hall–Kier alpha value is -0.130. The van der Waals surface area contributed by atoms with Crippen LogP contribution in [0.4, 0.5) is 0 Å². The number of hydrogen-bond donors (Lipinski definition) is 2. The second-order valence-electron chi connectivity index (χ2n) is 4.85. The minimum atomic E-state index is -3.06. The van der Waals surface area contributed by atoms with Crippen molar-refractivity contribution in [3.05, 3.63) is 0 Å². The van der Waals surface area contributed by atoms with Gasteiger partial charge >= 0.3 is 0 Å². The molecule has 0 amide bonds.